The predicted molar refractivity (Wildman–Crippen MR) is 117 cm³/mol. The second kappa shape index (κ2) is 8.21. The third-order valence-electron chi connectivity index (χ3n) is 5.00. The molecule has 1 N–H and O–H groups in total. The average Bonchev–Trinajstić information content (AvgIpc) is 3.18. The number of benzene rings is 3. The summed E-state index contributed by atoms with van der Waals surface area (Å²) in [5.41, 5.74) is 1.22. The van der Waals surface area contributed by atoms with Gasteiger partial charge in [0.2, 0.25) is 0 Å². The van der Waals surface area contributed by atoms with Gasteiger partial charge in [-0.1, -0.05) is 17.7 Å². The van der Waals surface area contributed by atoms with Gasteiger partial charge in [0.1, 0.15) is 5.82 Å². The number of non-ortho nitro benzene ring substituents is 1. The van der Waals surface area contributed by atoms with Crippen molar-refractivity contribution in [3.8, 4) is 0 Å². The van der Waals surface area contributed by atoms with Gasteiger partial charge in [-0.2, -0.15) is 0 Å². The van der Waals surface area contributed by atoms with Crippen LogP contribution in [0.1, 0.15) is 15.9 Å². The molecule has 4 rings (SSSR count). The summed E-state index contributed by atoms with van der Waals surface area (Å²) < 4.78 is 40.7. The van der Waals surface area contributed by atoms with E-state index < -0.39 is 26.7 Å². The number of carbonyl (C=O) groups is 1. The lowest BCUT2D eigenvalue weighted by atomic mass is 10.1. The Morgan fingerprint density at radius 2 is 1.81 bits per heavy atom. The van der Waals surface area contributed by atoms with Gasteiger partial charge in [-0.25, -0.2) is 12.8 Å². The molecule has 0 fully saturated rings. The Morgan fingerprint density at radius 3 is 2.50 bits per heavy atom. The smallest absolute Gasteiger partial charge is 0.271 e. The number of sulfonamides is 1. The standard InChI is InChI=1S/C21H15ClFN3O5S/c22-18-8-2-14(11-19(18)24-32(30,31)17-6-3-15(23)4-7-17)21(27)25-10-9-13-1-5-16(26(28)29)12-20(13)25/h1-8,11-12,24H,9-10H2. The van der Waals surface area contributed by atoms with E-state index in [-0.39, 0.29) is 26.9 Å². The van der Waals surface area contributed by atoms with Crippen molar-refractivity contribution < 1.29 is 22.5 Å². The van der Waals surface area contributed by atoms with Crippen LogP contribution in [0.25, 0.3) is 0 Å². The van der Waals surface area contributed by atoms with Crippen LogP contribution in [0, 0.1) is 15.9 Å². The van der Waals surface area contributed by atoms with Gasteiger partial charge < -0.3 is 4.90 Å². The number of fused-ring (bicyclic) bond motifs is 1. The fraction of sp³-hybridized carbons (Fsp3) is 0.0952. The van der Waals surface area contributed by atoms with Gasteiger partial charge in [-0.15, -0.1) is 0 Å². The van der Waals surface area contributed by atoms with Crippen molar-refractivity contribution >= 4 is 44.6 Å². The van der Waals surface area contributed by atoms with Crippen LogP contribution < -0.4 is 9.62 Å². The second-order valence-electron chi connectivity index (χ2n) is 7.03. The number of hydrogen-bond donors (Lipinski definition) is 1. The fourth-order valence-electron chi connectivity index (χ4n) is 3.40. The number of amides is 1. The third kappa shape index (κ3) is 4.14. The molecule has 0 atom stereocenters. The molecule has 1 aliphatic rings. The average molecular weight is 476 g/mol. The summed E-state index contributed by atoms with van der Waals surface area (Å²) in [7, 11) is -4.08. The molecular weight excluding hydrogens is 461 g/mol. The van der Waals surface area contributed by atoms with Gasteiger partial charge in [0.05, 0.1) is 26.2 Å². The number of anilines is 2. The van der Waals surface area contributed by atoms with Gasteiger partial charge in [0.25, 0.3) is 21.6 Å². The van der Waals surface area contributed by atoms with Gasteiger partial charge in [-0.3, -0.25) is 19.6 Å². The molecule has 8 nitrogen and oxygen atoms in total. The summed E-state index contributed by atoms with van der Waals surface area (Å²) in [5, 5.41) is 11.2. The topological polar surface area (TPSA) is 110 Å². The minimum Gasteiger partial charge on any atom is -0.307 e. The molecule has 0 aliphatic carbocycles. The molecular formula is C21H15ClFN3O5S. The molecule has 3 aromatic rings. The summed E-state index contributed by atoms with van der Waals surface area (Å²) in [4.78, 5) is 24.9. The van der Waals surface area contributed by atoms with Crippen molar-refractivity contribution in [1.82, 2.24) is 0 Å². The SMILES string of the molecule is O=C(c1ccc(Cl)c(NS(=O)(=O)c2ccc(F)cc2)c1)N1CCc2ccc([N+](=O)[O-])cc21. The Labute approximate surface area is 187 Å². The molecule has 0 aromatic heterocycles. The molecule has 1 aliphatic heterocycles. The van der Waals surface area contributed by atoms with E-state index in [0.717, 1.165) is 29.8 Å². The number of nitrogens with zero attached hydrogens (tertiary/aromatic N) is 2. The number of hydrogen-bond acceptors (Lipinski definition) is 5. The van der Waals surface area contributed by atoms with Crippen LogP contribution in [-0.2, 0) is 16.4 Å². The molecule has 1 amide bonds. The van der Waals surface area contributed by atoms with E-state index in [4.69, 9.17) is 11.6 Å². The number of nitro benzene ring substituents is 1. The van der Waals surface area contributed by atoms with Crippen molar-refractivity contribution in [1.29, 1.82) is 0 Å². The Balaban J connectivity index is 1.64. The van der Waals surface area contributed by atoms with Crippen molar-refractivity contribution in [2.75, 3.05) is 16.2 Å². The largest absolute Gasteiger partial charge is 0.307 e. The van der Waals surface area contributed by atoms with E-state index in [1.165, 1.54) is 35.2 Å². The highest BCUT2D eigenvalue weighted by Gasteiger charge is 2.28. The first-order valence-electron chi connectivity index (χ1n) is 9.33. The van der Waals surface area contributed by atoms with Crippen molar-refractivity contribution in [2.45, 2.75) is 11.3 Å². The fourth-order valence-corrected chi connectivity index (χ4v) is 4.69. The Hall–Kier alpha value is -3.50. The molecule has 0 saturated carbocycles. The minimum atomic E-state index is -4.08. The van der Waals surface area contributed by atoms with Crippen LogP contribution in [0.3, 0.4) is 0 Å². The molecule has 3 aromatic carbocycles. The minimum absolute atomic E-state index is 0.0275. The van der Waals surface area contributed by atoms with E-state index >= 15 is 0 Å². The van der Waals surface area contributed by atoms with E-state index in [1.54, 1.807) is 6.07 Å². The molecule has 32 heavy (non-hydrogen) atoms. The zero-order valence-corrected chi connectivity index (χ0v) is 17.9. The maximum Gasteiger partial charge on any atom is 0.271 e. The van der Waals surface area contributed by atoms with Crippen LogP contribution in [0.4, 0.5) is 21.5 Å². The predicted octanol–water partition coefficient (Wildman–Crippen LogP) is 4.39. The molecule has 0 spiro atoms. The van der Waals surface area contributed by atoms with Gasteiger partial charge >= 0.3 is 0 Å². The zero-order chi connectivity index (χ0) is 23.0. The number of nitro groups is 1. The quantitative estimate of drug-likeness (QED) is 0.434. The molecule has 0 bridgehead atoms. The highest BCUT2D eigenvalue weighted by molar-refractivity contribution is 7.92. The Bertz CT molecular complexity index is 1350. The highest BCUT2D eigenvalue weighted by atomic mass is 35.5. The second-order valence-corrected chi connectivity index (χ2v) is 9.12. The van der Waals surface area contributed by atoms with Gasteiger partial charge in [-0.05, 0) is 54.4 Å². The van der Waals surface area contributed by atoms with Crippen molar-refractivity contribution in [3.63, 3.8) is 0 Å². The van der Waals surface area contributed by atoms with Crippen molar-refractivity contribution in [3.05, 3.63) is 92.7 Å². The maximum absolute atomic E-state index is 13.1. The summed E-state index contributed by atoms with van der Waals surface area (Å²) in [5.74, 6) is -1.04. The lowest BCUT2D eigenvalue weighted by Gasteiger charge is -2.18. The monoisotopic (exact) mass is 475 g/mol. The number of halogens is 2. The molecule has 0 saturated heterocycles. The highest BCUT2D eigenvalue weighted by Crippen LogP contribution is 2.34. The van der Waals surface area contributed by atoms with Crippen LogP contribution in [0.2, 0.25) is 5.02 Å². The number of carbonyl (C=O) groups excluding carboxylic acids is 1. The lowest BCUT2D eigenvalue weighted by Crippen LogP contribution is -2.29. The summed E-state index contributed by atoms with van der Waals surface area (Å²) in [6.07, 6.45) is 0.538. The number of nitrogens with one attached hydrogen (secondary N) is 1. The summed E-state index contributed by atoms with van der Waals surface area (Å²) >= 11 is 6.13. The molecule has 11 heteroatoms. The van der Waals surface area contributed by atoms with E-state index in [9.17, 15) is 27.7 Å². The van der Waals surface area contributed by atoms with Crippen LogP contribution >= 0.6 is 11.6 Å². The Morgan fingerprint density at radius 1 is 1.09 bits per heavy atom. The Kier molecular flexibility index (Phi) is 5.57. The van der Waals surface area contributed by atoms with Crippen LogP contribution in [-0.4, -0.2) is 25.8 Å². The van der Waals surface area contributed by atoms with E-state index in [1.807, 2.05) is 0 Å². The lowest BCUT2D eigenvalue weighted by molar-refractivity contribution is -0.384. The summed E-state index contributed by atoms with van der Waals surface area (Å²) in [6.45, 7) is 0.328. The summed E-state index contributed by atoms with van der Waals surface area (Å²) in [6, 6.07) is 12.7. The van der Waals surface area contributed by atoms with Crippen LogP contribution in [0.5, 0.6) is 0 Å². The molecule has 0 radical (unpaired) electrons. The zero-order valence-electron chi connectivity index (χ0n) is 16.3. The first kappa shape index (κ1) is 21.7. The third-order valence-corrected chi connectivity index (χ3v) is 6.71. The van der Waals surface area contributed by atoms with Crippen LogP contribution in [0.15, 0.2) is 65.6 Å². The van der Waals surface area contributed by atoms with Gasteiger partial charge in [0, 0.05) is 24.2 Å². The molecule has 0 unspecified atom stereocenters. The first-order valence-corrected chi connectivity index (χ1v) is 11.2. The maximum atomic E-state index is 13.1. The normalized spacial score (nSPS) is 13.0. The van der Waals surface area contributed by atoms with E-state index in [2.05, 4.69) is 4.72 Å². The number of rotatable bonds is 5. The molecule has 164 valence electrons. The van der Waals surface area contributed by atoms with E-state index in [0.29, 0.717) is 18.7 Å². The van der Waals surface area contributed by atoms with Crippen molar-refractivity contribution in [2.24, 2.45) is 0 Å². The first-order chi connectivity index (χ1) is 15.2. The molecule has 1 heterocycles. The van der Waals surface area contributed by atoms with Gasteiger partial charge in [0.15, 0.2) is 0 Å².